The predicted molar refractivity (Wildman–Crippen MR) is 364 cm³/mol. The van der Waals surface area contributed by atoms with Crippen LogP contribution in [-0.2, 0) is 33.3 Å². The first-order valence-electron chi connectivity index (χ1n) is 35.8. The summed E-state index contributed by atoms with van der Waals surface area (Å²) in [6.45, 7) is 4.80. The van der Waals surface area contributed by atoms with Gasteiger partial charge in [-0.3, -0.25) is 9.59 Å². The Morgan fingerprint density at radius 1 is 0.365 bits per heavy atom. The maximum atomic E-state index is 12.9. The number of rotatable bonds is 66. The number of carbonyl (C=O) groups excluding carboxylic acids is 2. The highest BCUT2D eigenvalue weighted by molar-refractivity contribution is 5.71. The zero-order chi connectivity index (χ0) is 61.9. The van der Waals surface area contributed by atoms with E-state index in [1.165, 1.54) is 218 Å². The normalized spacial score (nSPS) is 13.2. The number of carbonyl (C=O) groups is 3. The van der Waals surface area contributed by atoms with Crippen molar-refractivity contribution in [2.24, 2.45) is 0 Å². The summed E-state index contributed by atoms with van der Waals surface area (Å²) in [5.41, 5.74) is 0. The van der Waals surface area contributed by atoms with Crippen LogP contribution in [0.1, 0.15) is 322 Å². The molecule has 2 unspecified atom stereocenters. The Hall–Kier alpha value is -3.53. The van der Waals surface area contributed by atoms with Gasteiger partial charge >= 0.3 is 17.9 Å². The van der Waals surface area contributed by atoms with Gasteiger partial charge in [0.2, 0.25) is 0 Å². The number of quaternary nitrogens is 1. The second-order valence-electron chi connectivity index (χ2n) is 25.2. The number of esters is 2. The fourth-order valence-electron chi connectivity index (χ4n) is 10.2. The van der Waals surface area contributed by atoms with Crippen molar-refractivity contribution in [1.82, 2.24) is 0 Å². The molecule has 0 rings (SSSR count). The van der Waals surface area contributed by atoms with Gasteiger partial charge in [0.1, 0.15) is 13.2 Å². The van der Waals surface area contributed by atoms with Crippen molar-refractivity contribution in [3.63, 3.8) is 0 Å². The average Bonchev–Trinajstić information content (AvgIpc) is 3.49. The molecule has 0 spiro atoms. The highest BCUT2D eigenvalue weighted by atomic mass is 16.7. The van der Waals surface area contributed by atoms with Crippen molar-refractivity contribution in [3.8, 4) is 0 Å². The summed E-state index contributed by atoms with van der Waals surface area (Å²) in [4.78, 5) is 37.6. The minimum absolute atomic E-state index is 0.181. The van der Waals surface area contributed by atoms with Crippen LogP contribution in [0.3, 0.4) is 0 Å². The summed E-state index contributed by atoms with van der Waals surface area (Å²) < 4.78 is 23.0. The summed E-state index contributed by atoms with van der Waals surface area (Å²) >= 11 is 0. The molecule has 0 aliphatic rings. The van der Waals surface area contributed by atoms with Gasteiger partial charge in [-0.15, -0.1) is 0 Å². The Morgan fingerprint density at radius 2 is 0.671 bits per heavy atom. The lowest BCUT2D eigenvalue weighted by atomic mass is 10.0. The van der Waals surface area contributed by atoms with Crippen LogP contribution in [0, 0.1) is 0 Å². The van der Waals surface area contributed by atoms with Crippen molar-refractivity contribution in [2.45, 2.75) is 334 Å². The van der Waals surface area contributed by atoms with Gasteiger partial charge in [-0.05, 0) is 89.9 Å². The lowest BCUT2D eigenvalue weighted by Gasteiger charge is -2.25. The fraction of sp³-hybridized carbons (Fsp3) is 0.776. The van der Waals surface area contributed by atoms with E-state index in [0.717, 1.165) is 77.0 Å². The Bertz CT molecular complexity index is 1670. The van der Waals surface area contributed by atoms with Gasteiger partial charge in [0.25, 0.3) is 6.29 Å². The summed E-state index contributed by atoms with van der Waals surface area (Å²) in [5, 5.41) is 9.74. The van der Waals surface area contributed by atoms with Gasteiger partial charge in [0.15, 0.2) is 6.10 Å². The maximum absolute atomic E-state index is 12.9. The zero-order valence-electron chi connectivity index (χ0n) is 56.3. The van der Waals surface area contributed by atoms with Crippen molar-refractivity contribution in [1.29, 1.82) is 0 Å². The molecular formula is C76H136NO8+. The van der Waals surface area contributed by atoms with E-state index in [0.29, 0.717) is 17.4 Å². The molecule has 1 N–H and O–H groups in total. The molecule has 0 amide bonds. The van der Waals surface area contributed by atoms with Crippen molar-refractivity contribution in [2.75, 3.05) is 47.5 Å². The molecule has 9 heteroatoms. The summed E-state index contributed by atoms with van der Waals surface area (Å²) in [5.74, 6) is -1.99. The monoisotopic (exact) mass is 1190 g/mol. The predicted octanol–water partition coefficient (Wildman–Crippen LogP) is 22.2. The number of allylic oxidation sites excluding steroid dienone is 14. The molecule has 85 heavy (non-hydrogen) atoms. The maximum Gasteiger partial charge on any atom is 0.361 e. The van der Waals surface area contributed by atoms with Crippen LogP contribution in [0.25, 0.3) is 0 Å². The van der Waals surface area contributed by atoms with Gasteiger partial charge in [-0.2, -0.15) is 0 Å². The van der Waals surface area contributed by atoms with Crippen LogP contribution in [-0.4, -0.2) is 87.4 Å². The quantitative estimate of drug-likeness (QED) is 0.0211. The Labute approximate surface area is 525 Å². The Balaban J connectivity index is 3.99. The number of likely N-dealkylation sites (N-methyl/N-ethyl adjacent to an activating group) is 1. The van der Waals surface area contributed by atoms with E-state index in [2.05, 4.69) is 98.9 Å². The minimum atomic E-state index is -1.51. The first kappa shape index (κ1) is 81.5. The molecule has 0 radical (unpaired) electrons. The second kappa shape index (κ2) is 66.4. The fourth-order valence-corrected chi connectivity index (χ4v) is 10.2. The van der Waals surface area contributed by atoms with E-state index in [1.54, 1.807) is 0 Å². The van der Waals surface area contributed by atoms with Gasteiger partial charge in [-0.1, -0.05) is 304 Å². The van der Waals surface area contributed by atoms with Crippen LogP contribution >= 0.6 is 0 Å². The molecule has 0 aromatic rings. The van der Waals surface area contributed by atoms with Crippen LogP contribution < -0.4 is 0 Å². The van der Waals surface area contributed by atoms with Crippen LogP contribution in [0.2, 0.25) is 0 Å². The SMILES string of the molecule is CC/C=C\C/C=C\C/C=C\C/C=C\C/C=C\C/C=C\CCCCCCCCCCCCCCCCCCCCCCCCC(=O)OC(COC(=O)CCCCCCCCCCC/C=C\CCCCCCCC)COC(OCC[N+](C)(C)C)C(=O)O. The number of unbranched alkanes of at least 4 members (excludes halogenated alkanes) is 37. The van der Waals surface area contributed by atoms with Gasteiger partial charge < -0.3 is 28.5 Å². The first-order valence-corrected chi connectivity index (χ1v) is 35.8. The largest absolute Gasteiger partial charge is 0.477 e. The lowest BCUT2D eigenvalue weighted by molar-refractivity contribution is -0.870. The van der Waals surface area contributed by atoms with Crippen LogP contribution in [0.5, 0.6) is 0 Å². The molecule has 0 bridgehead atoms. The van der Waals surface area contributed by atoms with Gasteiger partial charge in [0.05, 0.1) is 34.4 Å². The minimum Gasteiger partial charge on any atom is -0.477 e. The zero-order valence-corrected chi connectivity index (χ0v) is 56.3. The number of carboxylic acids is 1. The third kappa shape index (κ3) is 67.8. The molecule has 0 aromatic carbocycles. The van der Waals surface area contributed by atoms with Crippen molar-refractivity contribution in [3.05, 3.63) is 85.1 Å². The topological polar surface area (TPSA) is 108 Å². The summed E-state index contributed by atoms with van der Waals surface area (Å²) in [7, 11) is 5.98. The number of hydrogen-bond donors (Lipinski definition) is 1. The molecule has 0 fully saturated rings. The first-order chi connectivity index (χ1) is 41.6. The Kier molecular flexibility index (Phi) is 63.7. The van der Waals surface area contributed by atoms with E-state index in [9.17, 15) is 19.5 Å². The molecule has 0 aliphatic heterocycles. The highest BCUT2D eigenvalue weighted by Crippen LogP contribution is 2.18. The number of nitrogens with zero attached hydrogens (tertiary/aromatic N) is 1. The summed E-state index contributed by atoms with van der Waals surface area (Å²) in [6, 6.07) is 0. The molecule has 9 nitrogen and oxygen atoms in total. The summed E-state index contributed by atoms with van der Waals surface area (Å²) in [6.07, 6.45) is 87.1. The molecule has 0 aliphatic carbocycles. The van der Waals surface area contributed by atoms with Crippen molar-refractivity contribution < 1.29 is 42.9 Å². The number of hydrogen-bond acceptors (Lipinski definition) is 7. The third-order valence-corrected chi connectivity index (χ3v) is 15.6. The number of ether oxygens (including phenoxy) is 4. The standard InChI is InChI=1S/C76H135NO8/c1-6-8-10-12-14-16-18-20-22-24-26-27-28-29-30-31-32-33-34-35-36-37-38-39-40-41-42-43-44-45-46-47-49-51-53-55-57-59-61-63-65-67-74(79)85-72(71-84-76(75(80)81)82-69-68-77(3,4)5)70-83-73(78)66-64-62-60-58-56-54-52-50-48-25-23-21-19-17-15-13-11-9-7-2/h8,10,14,16,20-23,26-27,29-30,32-33,72,76H,6-7,9,11-13,15,17-19,24-25,28,31,34-71H2,1-5H3/p+1/b10-8-,16-14-,22-20-,23-21-,27-26-,30-29-,33-32-. The van der Waals surface area contributed by atoms with Gasteiger partial charge in [-0.25, -0.2) is 4.79 Å². The number of carboxylic acid groups (broad SMARTS) is 1. The van der Waals surface area contributed by atoms with E-state index in [4.69, 9.17) is 18.9 Å². The molecule has 0 heterocycles. The second-order valence-corrected chi connectivity index (χ2v) is 25.2. The van der Waals surface area contributed by atoms with E-state index in [1.807, 2.05) is 21.1 Å². The Morgan fingerprint density at radius 3 is 1.01 bits per heavy atom. The van der Waals surface area contributed by atoms with Crippen LogP contribution in [0.4, 0.5) is 0 Å². The smallest absolute Gasteiger partial charge is 0.361 e. The van der Waals surface area contributed by atoms with E-state index < -0.39 is 18.4 Å². The molecule has 2 atom stereocenters. The molecular weight excluding hydrogens is 1050 g/mol. The molecule has 0 saturated heterocycles. The van der Waals surface area contributed by atoms with Crippen molar-refractivity contribution >= 4 is 17.9 Å². The molecule has 492 valence electrons. The highest BCUT2D eigenvalue weighted by Gasteiger charge is 2.25. The molecule has 0 aromatic heterocycles. The third-order valence-electron chi connectivity index (χ3n) is 15.6. The van der Waals surface area contributed by atoms with E-state index >= 15 is 0 Å². The number of aliphatic carboxylic acids is 1. The average molecular weight is 1190 g/mol. The van der Waals surface area contributed by atoms with Crippen LogP contribution in [0.15, 0.2) is 85.1 Å². The van der Waals surface area contributed by atoms with Gasteiger partial charge in [0, 0.05) is 12.8 Å². The van der Waals surface area contributed by atoms with E-state index in [-0.39, 0.29) is 38.2 Å². The lowest BCUT2D eigenvalue weighted by Crippen LogP contribution is -2.40. The molecule has 0 saturated carbocycles.